The van der Waals surface area contributed by atoms with E-state index in [2.05, 4.69) is 26.4 Å². The first-order valence-electron chi connectivity index (χ1n) is 14.3. The Kier molecular flexibility index (Phi) is 8.94. The maximum Gasteiger partial charge on any atom is 0.418 e. The van der Waals surface area contributed by atoms with E-state index in [0.717, 1.165) is 19.4 Å². The number of hydrogen-bond acceptors (Lipinski definition) is 10. The van der Waals surface area contributed by atoms with Gasteiger partial charge in [-0.1, -0.05) is 6.58 Å². The molecular formula is C29H34F4N8O3. The number of fused-ring (bicyclic) bond motifs is 1. The van der Waals surface area contributed by atoms with Gasteiger partial charge in [-0.25, -0.2) is 9.37 Å². The van der Waals surface area contributed by atoms with Crippen molar-refractivity contribution in [3.63, 3.8) is 0 Å². The molecule has 5 heterocycles. The molecular weight excluding hydrogens is 584 g/mol. The Labute approximate surface area is 252 Å². The summed E-state index contributed by atoms with van der Waals surface area (Å²) >= 11 is 0. The van der Waals surface area contributed by atoms with Crippen molar-refractivity contribution in [1.82, 2.24) is 24.8 Å². The molecule has 3 atom stereocenters. The largest absolute Gasteiger partial charge is 0.462 e. The molecule has 2 saturated heterocycles. The Morgan fingerprint density at radius 1 is 1.25 bits per heavy atom. The summed E-state index contributed by atoms with van der Waals surface area (Å²) in [6, 6.07) is 2.78. The number of anilines is 2. The number of amides is 1. The minimum Gasteiger partial charge on any atom is -0.462 e. The number of piperazine rings is 1. The average Bonchev–Trinajstić information content (AvgIpc) is 3.38. The zero-order valence-corrected chi connectivity index (χ0v) is 24.5. The van der Waals surface area contributed by atoms with Gasteiger partial charge in [-0.05, 0) is 45.0 Å². The molecule has 1 amide bonds. The molecule has 2 N–H and O–H groups in total. The van der Waals surface area contributed by atoms with E-state index >= 15 is 0 Å². The number of nitrogen functional groups attached to an aromatic ring is 1. The van der Waals surface area contributed by atoms with Crippen LogP contribution in [0.3, 0.4) is 0 Å². The van der Waals surface area contributed by atoms with Gasteiger partial charge in [0.1, 0.15) is 24.3 Å². The standard InChI is InChI=1S/C29H34F4N8O3/c1-16-11-23(35)37-25(24(16)29(31,32)33)22-12-21-20(15-43-22)26(38-28(36-21)44-14-19-5-4-8-39(19)3)40-9-10-41(27(42)17(2)30)18(13-40)6-7-34/h11,18-19,22H,2,4-6,8-10,12-15H2,1,3H3,(H2,35,37)/t18-,19-,22?/m1/s1. The van der Waals surface area contributed by atoms with Crippen LogP contribution in [0, 0.1) is 18.3 Å². The summed E-state index contributed by atoms with van der Waals surface area (Å²) in [6.07, 6.45) is -3.90. The van der Waals surface area contributed by atoms with E-state index in [9.17, 15) is 27.6 Å². The Hall–Kier alpha value is -4.03. The number of likely N-dealkylation sites (tertiary alicyclic amines) is 1. The average molecular weight is 619 g/mol. The zero-order chi connectivity index (χ0) is 31.8. The van der Waals surface area contributed by atoms with Gasteiger partial charge in [0, 0.05) is 37.7 Å². The molecule has 3 aliphatic rings. The number of nitrogens with zero attached hydrogens (tertiary/aromatic N) is 7. The summed E-state index contributed by atoms with van der Waals surface area (Å²) in [7, 11) is 2.00. The van der Waals surface area contributed by atoms with E-state index in [4.69, 9.17) is 15.2 Å². The number of halogens is 4. The molecule has 0 saturated carbocycles. The highest BCUT2D eigenvalue weighted by Gasteiger charge is 2.41. The lowest BCUT2D eigenvalue weighted by Gasteiger charge is -2.42. The molecule has 3 aliphatic heterocycles. The highest BCUT2D eigenvalue weighted by molar-refractivity contribution is 5.91. The molecule has 0 aliphatic carbocycles. The van der Waals surface area contributed by atoms with Crippen molar-refractivity contribution in [2.75, 3.05) is 50.5 Å². The van der Waals surface area contributed by atoms with Crippen molar-refractivity contribution in [2.24, 2.45) is 0 Å². The van der Waals surface area contributed by atoms with Crippen molar-refractivity contribution in [1.29, 1.82) is 5.26 Å². The van der Waals surface area contributed by atoms with Gasteiger partial charge in [0.2, 0.25) is 0 Å². The molecule has 2 aromatic heterocycles. The van der Waals surface area contributed by atoms with Crippen molar-refractivity contribution in [2.45, 2.75) is 63.6 Å². The molecule has 0 bridgehead atoms. The topological polar surface area (TPSA) is 134 Å². The Morgan fingerprint density at radius 2 is 2.02 bits per heavy atom. The fraction of sp³-hybridized carbons (Fsp3) is 0.552. The number of ether oxygens (including phenoxy) is 2. The third-order valence-electron chi connectivity index (χ3n) is 8.39. The molecule has 236 valence electrons. The van der Waals surface area contributed by atoms with Crippen LogP contribution in [0.1, 0.15) is 53.4 Å². The minimum absolute atomic E-state index is 0.0503. The van der Waals surface area contributed by atoms with Crippen LogP contribution in [0.4, 0.5) is 29.2 Å². The quantitative estimate of drug-likeness (QED) is 0.363. The van der Waals surface area contributed by atoms with E-state index in [1.807, 2.05) is 18.0 Å². The van der Waals surface area contributed by atoms with Crippen molar-refractivity contribution < 1.29 is 31.8 Å². The summed E-state index contributed by atoms with van der Waals surface area (Å²) in [5, 5.41) is 9.41. The first-order valence-corrected chi connectivity index (χ1v) is 14.3. The van der Waals surface area contributed by atoms with E-state index in [-0.39, 0.29) is 68.2 Å². The van der Waals surface area contributed by atoms with Gasteiger partial charge >= 0.3 is 12.2 Å². The predicted molar refractivity (Wildman–Crippen MR) is 151 cm³/mol. The first-order chi connectivity index (χ1) is 20.9. The summed E-state index contributed by atoms with van der Waals surface area (Å²) in [4.78, 5) is 31.1. The molecule has 0 aromatic carbocycles. The highest BCUT2D eigenvalue weighted by Crippen LogP contribution is 2.42. The maximum atomic E-state index is 14.1. The fourth-order valence-electron chi connectivity index (χ4n) is 6.17. The SMILES string of the molecule is C=C(F)C(=O)N1CCN(c2nc(OC[C@H]3CCCN3C)nc3c2COC(c2nc(N)cc(C)c2C(F)(F)F)C3)C[C@H]1CC#N. The second-order valence-electron chi connectivity index (χ2n) is 11.3. The normalized spacial score (nSPS) is 22.4. The fourth-order valence-corrected chi connectivity index (χ4v) is 6.17. The van der Waals surface area contributed by atoms with Crippen LogP contribution in [0.25, 0.3) is 0 Å². The van der Waals surface area contributed by atoms with Crippen LogP contribution in [0.15, 0.2) is 18.5 Å². The molecule has 15 heteroatoms. The molecule has 11 nitrogen and oxygen atoms in total. The summed E-state index contributed by atoms with van der Waals surface area (Å²) in [6.45, 7) is 6.05. The van der Waals surface area contributed by atoms with Crippen LogP contribution >= 0.6 is 0 Å². The second-order valence-corrected chi connectivity index (χ2v) is 11.3. The Morgan fingerprint density at radius 3 is 2.68 bits per heavy atom. The van der Waals surface area contributed by atoms with Crippen molar-refractivity contribution in [3.05, 3.63) is 46.6 Å². The zero-order valence-electron chi connectivity index (χ0n) is 24.5. The van der Waals surface area contributed by atoms with Crippen LogP contribution in [-0.2, 0) is 28.7 Å². The second kappa shape index (κ2) is 12.5. The Balaban J connectivity index is 1.50. The lowest BCUT2D eigenvalue weighted by molar-refractivity contribution is -0.140. The van der Waals surface area contributed by atoms with Gasteiger partial charge in [0.05, 0.1) is 42.1 Å². The van der Waals surface area contributed by atoms with Gasteiger partial charge in [-0.2, -0.15) is 28.4 Å². The highest BCUT2D eigenvalue weighted by atomic mass is 19.4. The molecule has 44 heavy (non-hydrogen) atoms. The summed E-state index contributed by atoms with van der Waals surface area (Å²) in [5.74, 6) is -1.63. The molecule has 1 unspecified atom stereocenters. The number of hydrogen-bond donors (Lipinski definition) is 1. The number of aryl methyl sites for hydroxylation is 1. The summed E-state index contributed by atoms with van der Waals surface area (Å²) < 4.78 is 68.1. The molecule has 2 fully saturated rings. The number of nitrogens with two attached hydrogens (primary N) is 1. The number of aromatic nitrogens is 3. The van der Waals surface area contributed by atoms with E-state index < -0.39 is 35.6 Å². The number of likely N-dealkylation sites (N-methyl/N-ethyl adjacent to an activating group) is 1. The number of pyridine rings is 1. The number of carbonyl (C=O) groups is 1. The lowest BCUT2D eigenvalue weighted by Crippen LogP contribution is -2.55. The van der Waals surface area contributed by atoms with E-state index in [1.165, 1.54) is 17.9 Å². The molecule has 0 radical (unpaired) electrons. The predicted octanol–water partition coefficient (Wildman–Crippen LogP) is 3.48. The van der Waals surface area contributed by atoms with Gasteiger partial charge < -0.3 is 29.9 Å². The number of alkyl halides is 3. The van der Waals surface area contributed by atoms with E-state index in [1.54, 1.807) is 0 Å². The van der Waals surface area contributed by atoms with Gasteiger partial charge in [-0.3, -0.25) is 4.79 Å². The van der Waals surface area contributed by atoms with Crippen LogP contribution < -0.4 is 15.4 Å². The minimum atomic E-state index is -4.68. The van der Waals surface area contributed by atoms with Gasteiger partial charge in [-0.15, -0.1) is 0 Å². The molecule has 2 aromatic rings. The monoisotopic (exact) mass is 618 g/mol. The number of carbonyl (C=O) groups excluding carboxylic acids is 1. The molecule has 0 spiro atoms. The van der Waals surface area contributed by atoms with Gasteiger partial charge in [0.25, 0.3) is 5.91 Å². The lowest BCUT2D eigenvalue weighted by atomic mass is 9.96. The van der Waals surface area contributed by atoms with Crippen molar-refractivity contribution in [3.8, 4) is 12.1 Å². The van der Waals surface area contributed by atoms with Crippen LogP contribution in [0.2, 0.25) is 0 Å². The smallest absolute Gasteiger partial charge is 0.418 e. The van der Waals surface area contributed by atoms with E-state index in [0.29, 0.717) is 23.7 Å². The number of nitriles is 1. The van der Waals surface area contributed by atoms with Crippen LogP contribution in [-0.4, -0.2) is 82.6 Å². The summed E-state index contributed by atoms with van der Waals surface area (Å²) in [5.41, 5.74) is 5.55. The third kappa shape index (κ3) is 6.41. The van der Waals surface area contributed by atoms with Crippen molar-refractivity contribution >= 4 is 17.5 Å². The third-order valence-corrected chi connectivity index (χ3v) is 8.39. The number of rotatable bonds is 7. The van der Waals surface area contributed by atoms with Crippen LogP contribution in [0.5, 0.6) is 6.01 Å². The van der Waals surface area contributed by atoms with Gasteiger partial charge in [0.15, 0.2) is 5.83 Å². The first kappa shape index (κ1) is 31.4. The Bertz CT molecular complexity index is 1480. The maximum absolute atomic E-state index is 14.1. The molecule has 5 rings (SSSR count).